The Morgan fingerprint density at radius 2 is 1.30 bits per heavy atom. The van der Waals surface area contributed by atoms with E-state index in [2.05, 4.69) is 0 Å². The van der Waals surface area contributed by atoms with Crippen LogP contribution in [0.15, 0.2) is 48.5 Å². The fourth-order valence-corrected chi connectivity index (χ4v) is 1.97. The zero-order valence-corrected chi connectivity index (χ0v) is 12.4. The summed E-state index contributed by atoms with van der Waals surface area (Å²) in [5.41, 5.74) is 2.75. The van der Waals surface area contributed by atoms with Crippen molar-refractivity contribution in [1.82, 2.24) is 0 Å². The van der Waals surface area contributed by atoms with Crippen LogP contribution in [0.25, 0.3) is 11.1 Å². The quantitative estimate of drug-likeness (QED) is 0.752. The van der Waals surface area contributed by atoms with E-state index in [1.165, 1.54) is 0 Å². The Bertz CT molecular complexity index is 587. The molecule has 104 valence electrons. The summed E-state index contributed by atoms with van der Waals surface area (Å²) in [6.07, 6.45) is 0. The van der Waals surface area contributed by atoms with E-state index in [0.29, 0.717) is 0 Å². The molecule has 0 atom stereocenters. The topological polar surface area (TPSA) is 26.3 Å². The third-order valence-corrected chi connectivity index (χ3v) is 2.90. The third kappa shape index (κ3) is 3.70. The van der Waals surface area contributed by atoms with E-state index < -0.39 is 0 Å². The van der Waals surface area contributed by atoms with Gasteiger partial charge in [-0.25, -0.2) is 0 Å². The molecular formula is C18H20O2. The molecule has 0 aliphatic rings. The van der Waals surface area contributed by atoms with Crippen molar-refractivity contribution in [3.8, 4) is 16.9 Å². The molecule has 0 amide bonds. The summed E-state index contributed by atoms with van der Waals surface area (Å²) in [5.74, 6) is 0.951. The molecule has 0 N–H and O–H groups in total. The maximum Gasteiger partial charge on any atom is 0.159 e. The van der Waals surface area contributed by atoms with Crippen LogP contribution in [0.1, 0.15) is 38.1 Å². The van der Waals surface area contributed by atoms with Gasteiger partial charge in [-0.2, -0.15) is 0 Å². The summed E-state index contributed by atoms with van der Waals surface area (Å²) >= 11 is 0. The van der Waals surface area contributed by atoms with E-state index in [0.717, 1.165) is 22.4 Å². The Labute approximate surface area is 120 Å². The van der Waals surface area contributed by atoms with Gasteiger partial charge in [-0.3, -0.25) is 4.79 Å². The molecule has 0 heterocycles. The molecule has 0 spiro atoms. The van der Waals surface area contributed by atoms with Crippen molar-refractivity contribution in [2.24, 2.45) is 0 Å². The van der Waals surface area contributed by atoms with Gasteiger partial charge in [0.1, 0.15) is 11.4 Å². The van der Waals surface area contributed by atoms with Crippen LogP contribution in [0.4, 0.5) is 0 Å². The van der Waals surface area contributed by atoms with Crippen molar-refractivity contribution in [2.45, 2.75) is 33.3 Å². The van der Waals surface area contributed by atoms with Crippen molar-refractivity contribution in [2.75, 3.05) is 0 Å². The fourth-order valence-electron chi connectivity index (χ4n) is 1.97. The van der Waals surface area contributed by atoms with E-state index in [4.69, 9.17) is 4.74 Å². The lowest BCUT2D eigenvalue weighted by Crippen LogP contribution is -2.22. The van der Waals surface area contributed by atoms with Crippen LogP contribution in [-0.4, -0.2) is 11.4 Å². The first-order chi connectivity index (χ1) is 9.35. The number of rotatable bonds is 3. The molecule has 2 nitrogen and oxygen atoms in total. The smallest absolute Gasteiger partial charge is 0.159 e. The molecule has 0 saturated carbocycles. The number of Topliss-reactive ketones (excluding diaryl/α,β-unsaturated/α-hetero) is 1. The van der Waals surface area contributed by atoms with Gasteiger partial charge in [0, 0.05) is 5.56 Å². The highest BCUT2D eigenvalue weighted by atomic mass is 16.5. The molecule has 2 rings (SSSR count). The zero-order valence-electron chi connectivity index (χ0n) is 12.4. The summed E-state index contributed by atoms with van der Waals surface area (Å²) in [6.45, 7) is 7.66. The molecule has 0 saturated heterocycles. The zero-order chi connectivity index (χ0) is 14.8. The number of carbonyl (C=O) groups excluding carboxylic acids is 1. The largest absolute Gasteiger partial charge is 0.488 e. The molecule has 2 aromatic rings. The highest BCUT2D eigenvalue weighted by Gasteiger charge is 2.11. The number of ketones is 1. The normalized spacial score (nSPS) is 11.2. The van der Waals surface area contributed by atoms with Gasteiger partial charge in [0.15, 0.2) is 5.78 Å². The predicted molar refractivity (Wildman–Crippen MR) is 82.3 cm³/mol. The number of carbonyl (C=O) groups is 1. The van der Waals surface area contributed by atoms with E-state index in [1.807, 2.05) is 69.3 Å². The molecule has 2 heteroatoms. The summed E-state index contributed by atoms with van der Waals surface area (Å²) < 4.78 is 5.80. The maximum absolute atomic E-state index is 11.3. The summed E-state index contributed by atoms with van der Waals surface area (Å²) in [6, 6.07) is 15.7. The van der Waals surface area contributed by atoms with Gasteiger partial charge in [0.25, 0.3) is 0 Å². The molecular weight excluding hydrogens is 248 g/mol. The molecule has 0 bridgehead atoms. The first-order valence-electron chi connectivity index (χ1n) is 6.76. The van der Waals surface area contributed by atoms with Crippen molar-refractivity contribution in [1.29, 1.82) is 0 Å². The monoisotopic (exact) mass is 268 g/mol. The van der Waals surface area contributed by atoms with Gasteiger partial charge in [0.05, 0.1) is 0 Å². The van der Waals surface area contributed by atoms with E-state index in [1.54, 1.807) is 6.92 Å². The first kappa shape index (κ1) is 14.3. The van der Waals surface area contributed by atoms with Crippen LogP contribution in [0.5, 0.6) is 5.75 Å². The molecule has 2 aromatic carbocycles. The van der Waals surface area contributed by atoms with Crippen molar-refractivity contribution >= 4 is 5.78 Å². The van der Waals surface area contributed by atoms with Crippen LogP contribution >= 0.6 is 0 Å². The number of hydrogen-bond donors (Lipinski definition) is 0. The average Bonchev–Trinajstić information content (AvgIpc) is 2.38. The summed E-state index contributed by atoms with van der Waals surface area (Å²) in [5, 5.41) is 0. The molecule has 0 fully saturated rings. The molecule has 0 aliphatic heterocycles. The van der Waals surface area contributed by atoms with Crippen LogP contribution in [0.3, 0.4) is 0 Å². The lowest BCUT2D eigenvalue weighted by molar-refractivity contribution is 0.101. The second kappa shape index (κ2) is 5.49. The summed E-state index contributed by atoms with van der Waals surface area (Å²) in [4.78, 5) is 11.3. The maximum atomic E-state index is 11.3. The Balaban J connectivity index is 2.19. The van der Waals surface area contributed by atoms with Crippen LogP contribution < -0.4 is 4.74 Å². The minimum absolute atomic E-state index is 0.0884. The van der Waals surface area contributed by atoms with Crippen molar-refractivity contribution in [3.63, 3.8) is 0 Å². The molecule has 0 aromatic heterocycles. The Hall–Kier alpha value is -2.09. The highest BCUT2D eigenvalue weighted by molar-refractivity contribution is 5.94. The lowest BCUT2D eigenvalue weighted by Gasteiger charge is -2.21. The van der Waals surface area contributed by atoms with Crippen molar-refractivity contribution in [3.05, 3.63) is 54.1 Å². The third-order valence-electron chi connectivity index (χ3n) is 2.90. The first-order valence-corrected chi connectivity index (χ1v) is 6.76. The van der Waals surface area contributed by atoms with E-state index in [9.17, 15) is 4.79 Å². The molecule has 20 heavy (non-hydrogen) atoms. The Morgan fingerprint density at radius 1 is 0.850 bits per heavy atom. The molecule has 0 unspecified atom stereocenters. The second-order valence-electron chi connectivity index (χ2n) is 5.87. The molecule has 0 aliphatic carbocycles. The summed E-state index contributed by atoms with van der Waals surface area (Å²) in [7, 11) is 0. The predicted octanol–water partition coefficient (Wildman–Crippen LogP) is 4.73. The second-order valence-corrected chi connectivity index (χ2v) is 5.87. The van der Waals surface area contributed by atoms with Gasteiger partial charge >= 0.3 is 0 Å². The van der Waals surface area contributed by atoms with Crippen LogP contribution in [-0.2, 0) is 0 Å². The minimum atomic E-state index is -0.190. The molecule has 0 radical (unpaired) electrons. The van der Waals surface area contributed by atoms with E-state index >= 15 is 0 Å². The average molecular weight is 268 g/mol. The van der Waals surface area contributed by atoms with Gasteiger partial charge in [0.2, 0.25) is 0 Å². The van der Waals surface area contributed by atoms with Crippen LogP contribution in [0.2, 0.25) is 0 Å². The van der Waals surface area contributed by atoms with Gasteiger partial charge in [-0.1, -0.05) is 36.4 Å². The Morgan fingerprint density at radius 3 is 1.70 bits per heavy atom. The highest BCUT2D eigenvalue weighted by Crippen LogP contribution is 2.24. The minimum Gasteiger partial charge on any atom is -0.488 e. The standard InChI is InChI=1S/C18H20O2/c1-13(19)14-5-7-15(8-6-14)16-9-11-17(12-10-16)20-18(2,3)4/h5-12H,1-4H3. The number of hydrogen-bond acceptors (Lipinski definition) is 2. The lowest BCUT2D eigenvalue weighted by atomic mass is 10.0. The van der Waals surface area contributed by atoms with Crippen molar-refractivity contribution < 1.29 is 9.53 Å². The van der Waals surface area contributed by atoms with E-state index in [-0.39, 0.29) is 11.4 Å². The van der Waals surface area contributed by atoms with Crippen LogP contribution in [0, 0.1) is 0 Å². The number of benzene rings is 2. The van der Waals surface area contributed by atoms with Gasteiger partial charge in [-0.05, 0) is 51.0 Å². The van der Waals surface area contributed by atoms with Gasteiger partial charge in [-0.15, -0.1) is 0 Å². The number of ether oxygens (including phenoxy) is 1. The SMILES string of the molecule is CC(=O)c1ccc(-c2ccc(OC(C)(C)C)cc2)cc1. The van der Waals surface area contributed by atoms with Gasteiger partial charge < -0.3 is 4.74 Å². The fraction of sp³-hybridized carbons (Fsp3) is 0.278. The Kier molecular flexibility index (Phi) is 3.93.